The minimum atomic E-state index is -3.53. The highest BCUT2D eigenvalue weighted by Crippen LogP contribution is 2.30. The van der Waals surface area contributed by atoms with E-state index in [4.69, 9.17) is 4.74 Å². The number of sulfonamides is 1. The molecule has 5 N–H and O–H groups in total. The normalized spacial score (nSPS) is 18.6. The molecule has 14 heteroatoms. The van der Waals surface area contributed by atoms with Crippen molar-refractivity contribution in [1.29, 1.82) is 0 Å². The van der Waals surface area contributed by atoms with Crippen molar-refractivity contribution >= 4 is 44.5 Å². The van der Waals surface area contributed by atoms with E-state index in [1.807, 2.05) is 58.0 Å². The molecule has 0 radical (unpaired) electrons. The van der Waals surface area contributed by atoms with E-state index >= 15 is 0 Å². The topological polar surface area (TPSA) is 183 Å². The molecule has 54 heavy (non-hydrogen) atoms. The number of hydrogen-bond donors (Lipinski definition) is 5. The van der Waals surface area contributed by atoms with Gasteiger partial charge >= 0.3 is 6.09 Å². The number of nitrogens with zero attached hydrogens (tertiary/aromatic N) is 1. The van der Waals surface area contributed by atoms with Crippen LogP contribution in [0.3, 0.4) is 0 Å². The lowest BCUT2D eigenvalue weighted by Gasteiger charge is -2.29. The van der Waals surface area contributed by atoms with E-state index in [-0.39, 0.29) is 29.7 Å². The first-order chi connectivity index (χ1) is 25.7. The van der Waals surface area contributed by atoms with Crippen molar-refractivity contribution in [1.82, 2.24) is 25.1 Å². The molecule has 1 saturated heterocycles. The summed E-state index contributed by atoms with van der Waals surface area (Å²) in [5.41, 5.74) is 3.65. The lowest BCUT2D eigenvalue weighted by atomic mass is 9.81. The van der Waals surface area contributed by atoms with E-state index in [2.05, 4.69) is 26.1 Å². The predicted octanol–water partition coefficient (Wildman–Crippen LogP) is 5.61. The van der Waals surface area contributed by atoms with Crippen LogP contribution >= 0.6 is 0 Å². The van der Waals surface area contributed by atoms with Gasteiger partial charge in [0.05, 0.1) is 15.8 Å². The zero-order valence-corrected chi connectivity index (χ0v) is 32.1. The van der Waals surface area contributed by atoms with Crippen LogP contribution in [0.15, 0.2) is 70.4 Å². The molecule has 0 unspecified atom stereocenters. The average molecular weight is 759 g/mol. The first kappa shape index (κ1) is 38.8. The van der Waals surface area contributed by atoms with Crippen molar-refractivity contribution in [2.24, 2.45) is 11.8 Å². The van der Waals surface area contributed by atoms with Gasteiger partial charge in [-0.15, -0.1) is 0 Å². The van der Waals surface area contributed by atoms with E-state index < -0.39 is 33.7 Å². The number of aromatic nitrogens is 2. The molecule has 2 aliphatic rings. The number of nitrogens with one attached hydrogen (secondary N) is 5. The first-order valence-corrected chi connectivity index (χ1v) is 20.1. The summed E-state index contributed by atoms with van der Waals surface area (Å²) >= 11 is 0. The summed E-state index contributed by atoms with van der Waals surface area (Å²) in [4.78, 5) is 51.9. The third kappa shape index (κ3) is 9.40. The summed E-state index contributed by atoms with van der Waals surface area (Å²) in [7, 11) is -3.53. The number of rotatable bonds is 11. The number of aryl methyl sites for hydroxylation is 1. The Hall–Kier alpha value is -4.95. The monoisotopic (exact) mass is 758 g/mol. The molecule has 0 bridgehead atoms. The van der Waals surface area contributed by atoms with Gasteiger partial charge in [-0.25, -0.2) is 13.2 Å². The summed E-state index contributed by atoms with van der Waals surface area (Å²) in [6.45, 7) is 8.91. The van der Waals surface area contributed by atoms with Crippen molar-refractivity contribution in [3.8, 4) is 11.1 Å². The molecule has 6 rings (SSSR count). The Morgan fingerprint density at radius 3 is 2.30 bits per heavy atom. The quantitative estimate of drug-likeness (QED) is 0.132. The van der Waals surface area contributed by atoms with Gasteiger partial charge in [0.1, 0.15) is 11.6 Å². The van der Waals surface area contributed by atoms with Gasteiger partial charge in [-0.05, 0) is 125 Å². The van der Waals surface area contributed by atoms with Gasteiger partial charge < -0.3 is 20.7 Å². The van der Waals surface area contributed by atoms with Gasteiger partial charge in [-0.1, -0.05) is 30.3 Å². The number of carbonyl (C=O) groups is 3. The number of aromatic amines is 2. The Balaban J connectivity index is 1.13. The second-order valence-electron chi connectivity index (χ2n) is 15.5. The molecule has 13 nitrogen and oxygen atoms in total. The van der Waals surface area contributed by atoms with Crippen LogP contribution in [-0.4, -0.2) is 72.1 Å². The Bertz CT molecular complexity index is 2160. The molecule has 2 heterocycles. The Kier molecular flexibility index (Phi) is 11.6. The first-order valence-electron chi connectivity index (χ1n) is 18.6. The minimum absolute atomic E-state index is 0.199. The van der Waals surface area contributed by atoms with Crippen molar-refractivity contribution in [3.63, 3.8) is 0 Å². The van der Waals surface area contributed by atoms with Crippen molar-refractivity contribution in [2.45, 2.75) is 89.2 Å². The summed E-state index contributed by atoms with van der Waals surface area (Å²) < 4.78 is 33.1. The minimum Gasteiger partial charge on any atom is -0.444 e. The van der Waals surface area contributed by atoms with Gasteiger partial charge in [-0.3, -0.25) is 24.6 Å². The number of fused-ring (bicyclic) bond motifs is 1. The van der Waals surface area contributed by atoms with E-state index in [9.17, 15) is 27.6 Å². The number of carbonyl (C=O) groups excluding carboxylic acids is 3. The number of ether oxygens (including phenoxy) is 1. The van der Waals surface area contributed by atoms with Gasteiger partial charge in [0.25, 0.3) is 5.56 Å². The van der Waals surface area contributed by atoms with Crippen LogP contribution in [0.1, 0.15) is 70.4 Å². The predicted molar refractivity (Wildman–Crippen MR) is 207 cm³/mol. The summed E-state index contributed by atoms with van der Waals surface area (Å²) in [5, 5.41) is 14.6. The van der Waals surface area contributed by atoms with Crippen molar-refractivity contribution < 1.29 is 27.5 Å². The molecule has 2 fully saturated rings. The smallest absolute Gasteiger partial charge is 0.407 e. The zero-order valence-electron chi connectivity index (χ0n) is 31.3. The molecule has 1 aromatic heterocycles. The summed E-state index contributed by atoms with van der Waals surface area (Å²) in [6, 6.07) is 16.9. The van der Waals surface area contributed by atoms with Crippen molar-refractivity contribution in [3.05, 3.63) is 82.1 Å². The summed E-state index contributed by atoms with van der Waals surface area (Å²) in [6.07, 6.45) is 4.28. The van der Waals surface area contributed by atoms with Crippen LogP contribution in [-0.2, 0) is 30.8 Å². The van der Waals surface area contributed by atoms with E-state index in [1.165, 1.54) is 0 Å². The molecule has 1 aliphatic carbocycles. The number of amides is 3. The van der Waals surface area contributed by atoms with Gasteiger partial charge in [0, 0.05) is 37.7 Å². The van der Waals surface area contributed by atoms with Crippen LogP contribution in [0.5, 0.6) is 0 Å². The van der Waals surface area contributed by atoms with Crippen LogP contribution in [0, 0.1) is 18.8 Å². The molecule has 1 saturated carbocycles. The lowest BCUT2D eigenvalue weighted by molar-refractivity contribution is -0.130. The van der Waals surface area contributed by atoms with E-state index in [0.29, 0.717) is 54.0 Å². The van der Waals surface area contributed by atoms with Gasteiger partial charge in [0.15, 0.2) is 0 Å². The fraction of sp³-hybridized carbons (Fsp3) is 0.450. The second-order valence-corrected chi connectivity index (χ2v) is 17.4. The molecule has 0 spiro atoms. The SMILES string of the molecule is Cc1cc(S(=O)(=O)N2CCCC2)ccc1-c1ccc(C[C@H](NC(=O)C2CCC(CNC(=O)OC(C)(C)C)CC2)C(=O)Nc2ccc3c(=O)[nH][nH]c3c2)cc1. The summed E-state index contributed by atoms with van der Waals surface area (Å²) in [5.74, 6) is -0.647. The standard InChI is InChI=1S/C40H50N6O7S/c1-25-21-31(54(51,52)46-19-5-6-20-46)16-18-32(25)28-11-7-26(8-12-28)22-35(38(49)42-30-15-17-33-34(23-30)44-45-37(33)48)43-36(47)29-13-9-27(10-14-29)24-41-39(50)53-40(2,3)4/h7-8,11-12,15-18,21,23,27,29,35H,5-6,9-10,13-14,19-20,22,24H2,1-4H3,(H,41,50)(H,42,49)(H,43,47)(H2,44,45,48)/t27?,29?,35-/m0/s1. The van der Waals surface area contributed by atoms with Gasteiger partial charge in [0.2, 0.25) is 21.8 Å². The van der Waals surface area contributed by atoms with Crippen LogP contribution in [0.25, 0.3) is 22.0 Å². The molecule has 4 aromatic rings. The fourth-order valence-corrected chi connectivity index (χ4v) is 8.87. The number of hydrogen-bond acceptors (Lipinski definition) is 7. The second kappa shape index (κ2) is 16.2. The highest BCUT2D eigenvalue weighted by atomic mass is 32.2. The Morgan fingerprint density at radius 1 is 0.926 bits per heavy atom. The van der Waals surface area contributed by atoms with E-state index in [1.54, 1.807) is 34.6 Å². The third-order valence-electron chi connectivity index (χ3n) is 10.2. The highest BCUT2D eigenvalue weighted by Gasteiger charge is 2.31. The maximum absolute atomic E-state index is 13.8. The van der Waals surface area contributed by atoms with Crippen LogP contribution < -0.4 is 21.5 Å². The van der Waals surface area contributed by atoms with Gasteiger partial charge in [-0.2, -0.15) is 4.31 Å². The molecule has 288 valence electrons. The molecular weight excluding hydrogens is 709 g/mol. The maximum Gasteiger partial charge on any atom is 0.407 e. The molecule has 3 amide bonds. The average Bonchev–Trinajstić information content (AvgIpc) is 3.81. The van der Waals surface area contributed by atoms with Crippen LogP contribution in [0.4, 0.5) is 10.5 Å². The molecular formula is C40H50N6O7S. The zero-order chi connectivity index (χ0) is 38.6. The van der Waals surface area contributed by atoms with Crippen LogP contribution in [0.2, 0.25) is 0 Å². The molecule has 3 aromatic carbocycles. The van der Waals surface area contributed by atoms with E-state index in [0.717, 1.165) is 47.9 Å². The number of alkyl carbamates (subject to hydrolysis) is 1. The molecule has 1 aliphatic heterocycles. The number of benzene rings is 3. The maximum atomic E-state index is 13.8. The Morgan fingerprint density at radius 2 is 1.63 bits per heavy atom. The largest absolute Gasteiger partial charge is 0.444 e. The number of H-pyrrole nitrogens is 2. The Labute approximate surface area is 315 Å². The highest BCUT2D eigenvalue weighted by molar-refractivity contribution is 7.89. The van der Waals surface area contributed by atoms with Crippen molar-refractivity contribution in [2.75, 3.05) is 25.0 Å². The fourth-order valence-electron chi connectivity index (χ4n) is 7.27. The lowest BCUT2D eigenvalue weighted by Crippen LogP contribution is -2.48. The molecule has 1 atom stereocenters. The third-order valence-corrected chi connectivity index (χ3v) is 12.1. The number of anilines is 1.